The van der Waals surface area contributed by atoms with Gasteiger partial charge in [0.05, 0.1) is 32.8 Å². The third-order valence-electron chi connectivity index (χ3n) is 13.0. The number of alkyl carbamates (subject to hydrolysis) is 1. The molecule has 3 aromatic rings. The molecular formula is C58H85Cl3NO13P. The standard InChI is InChI=1S/C58H85Cl3NO13P/c1-3-5-7-9-11-13-14-16-18-20-31-39-51(63)72-49(38-30-19-17-15-12-10-8-6-4-2)40-52(64)74-55-53(62-57(66)69-45-58(59,60)61)56(65)73-50(44-68-41-46-32-24-21-25-33-46)54(55)75-76(67,70-42-47-34-26-22-27-35-47)71-43-48-36-28-23-29-37-48/h21-29,32-37,49-50,53-56,65H,3-20,30-31,38-45H2,1-2H3,(H,62,66)/t49-,50-,53-,54-,55-,56+/m1/s1. The van der Waals surface area contributed by atoms with E-state index in [1.807, 2.05) is 42.5 Å². The molecule has 0 aliphatic carbocycles. The van der Waals surface area contributed by atoms with Gasteiger partial charge in [-0.3, -0.25) is 23.2 Å². The van der Waals surface area contributed by atoms with E-state index >= 15 is 4.57 Å². The Morgan fingerprint density at radius 2 is 1.09 bits per heavy atom. The number of carbonyl (C=O) groups is 3. The first kappa shape index (κ1) is 65.2. The Bertz CT molecular complexity index is 2010. The molecule has 1 amide bonds. The van der Waals surface area contributed by atoms with Gasteiger partial charge < -0.3 is 34.1 Å². The van der Waals surface area contributed by atoms with Crippen molar-refractivity contribution in [3.8, 4) is 0 Å². The van der Waals surface area contributed by atoms with Gasteiger partial charge in [-0.05, 0) is 36.0 Å². The summed E-state index contributed by atoms with van der Waals surface area (Å²) < 4.78 is 61.2. The minimum Gasteiger partial charge on any atom is -0.462 e. The molecule has 76 heavy (non-hydrogen) atoms. The number of phosphoric acid groups is 1. The van der Waals surface area contributed by atoms with Crippen LogP contribution in [0, 0.1) is 0 Å². The van der Waals surface area contributed by atoms with Crippen molar-refractivity contribution in [2.45, 2.75) is 222 Å². The summed E-state index contributed by atoms with van der Waals surface area (Å²) in [6.45, 7) is 3.08. The minimum absolute atomic E-state index is 0.0940. The van der Waals surface area contributed by atoms with Crippen LogP contribution in [0.1, 0.15) is 178 Å². The molecule has 1 aliphatic heterocycles. The van der Waals surface area contributed by atoms with Crippen molar-refractivity contribution in [1.82, 2.24) is 5.32 Å². The highest BCUT2D eigenvalue weighted by atomic mass is 35.6. The number of halogens is 3. The van der Waals surface area contributed by atoms with Crippen molar-refractivity contribution >= 4 is 60.7 Å². The summed E-state index contributed by atoms with van der Waals surface area (Å²) in [6, 6.07) is 25.5. The van der Waals surface area contributed by atoms with Gasteiger partial charge in [0.25, 0.3) is 0 Å². The zero-order chi connectivity index (χ0) is 54.7. The van der Waals surface area contributed by atoms with Gasteiger partial charge in [-0.15, -0.1) is 0 Å². The number of ether oxygens (including phenoxy) is 5. The van der Waals surface area contributed by atoms with Crippen LogP contribution in [-0.2, 0) is 71.2 Å². The van der Waals surface area contributed by atoms with E-state index in [0.29, 0.717) is 30.4 Å². The quantitative estimate of drug-likeness (QED) is 0.0181. The highest BCUT2D eigenvalue weighted by Crippen LogP contribution is 2.54. The molecule has 0 unspecified atom stereocenters. The lowest BCUT2D eigenvalue weighted by Crippen LogP contribution is -2.66. The minimum atomic E-state index is -4.72. The summed E-state index contributed by atoms with van der Waals surface area (Å²) in [4.78, 5) is 41.4. The van der Waals surface area contributed by atoms with Crippen molar-refractivity contribution < 1.29 is 61.3 Å². The average molecular weight is 1140 g/mol. The molecule has 0 saturated carbocycles. The first-order chi connectivity index (χ1) is 36.8. The number of rotatable bonds is 40. The summed E-state index contributed by atoms with van der Waals surface area (Å²) >= 11 is 17.7. The first-order valence-electron chi connectivity index (χ1n) is 27.8. The molecule has 1 heterocycles. The van der Waals surface area contributed by atoms with Crippen molar-refractivity contribution in [2.24, 2.45) is 0 Å². The van der Waals surface area contributed by atoms with E-state index in [1.54, 1.807) is 48.5 Å². The number of aliphatic hydroxyl groups is 1. The third-order valence-corrected chi connectivity index (χ3v) is 14.7. The molecule has 1 fully saturated rings. The van der Waals surface area contributed by atoms with E-state index < -0.39 is 73.0 Å². The fourth-order valence-corrected chi connectivity index (χ4v) is 10.3. The zero-order valence-corrected chi connectivity index (χ0v) is 48.0. The molecule has 1 saturated heterocycles. The van der Waals surface area contributed by atoms with E-state index in [2.05, 4.69) is 19.2 Å². The van der Waals surface area contributed by atoms with Gasteiger partial charge in [0.2, 0.25) is 3.79 Å². The van der Waals surface area contributed by atoms with Crippen molar-refractivity contribution in [3.05, 3.63) is 108 Å². The number of hydrogen-bond acceptors (Lipinski definition) is 13. The van der Waals surface area contributed by atoms with Crippen LogP contribution in [0.4, 0.5) is 4.79 Å². The number of hydrogen-bond donors (Lipinski definition) is 2. The fourth-order valence-electron chi connectivity index (χ4n) is 8.82. The Balaban J connectivity index is 1.61. The van der Waals surface area contributed by atoms with Gasteiger partial charge in [-0.2, -0.15) is 0 Å². The lowest BCUT2D eigenvalue weighted by Gasteiger charge is -2.44. The van der Waals surface area contributed by atoms with Crippen LogP contribution >= 0.6 is 42.6 Å². The van der Waals surface area contributed by atoms with Crippen LogP contribution < -0.4 is 5.32 Å². The second-order valence-corrected chi connectivity index (χ2v) is 23.8. The van der Waals surface area contributed by atoms with Crippen molar-refractivity contribution in [3.63, 3.8) is 0 Å². The van der Waals surface area contributed by atoms with E-state index in [0.717, 1.165) is 50.5 Å². The Labute approximate surface area is 467 Å². The summed E-state index contributed by atoms with van der Waals surface area (Å²) in [6.07, 6.45) is 13.7. The molecule has 1 aliphatic rings. The van der Waals surface area contributed by atoms with E-state index in [-0.39, 0.29) is 39.3 Å². The lowest BCUT2D eigenvalue weighted by atomic mass is 9.96. The molecule has 0 radical (unpaired) electrons. The number of esters is 2. The average Bonchev–Trinajstić information content (AvgIpc) is 3.40. The number of aliphatic hydroxyl groups excluding tert-OH is 1. The maximum absolute atomic E-state index is 15.1. The Morgan fingerprint density at radius 1 is 0.632 bits per heavy atom. The number of carbonyl (C=O) groups excluding carboxylic acids is 3. The second kappa shape index (κ2) is 38.4. The van der Waals surface area contributed by atoms with Gasteiger partial charge >= 0.3 is 25.9 Å². The second-order valence-electron chi connectivity index (χ2n) is 19.6. The Morgan fingerprint density at radius 3 is 1.58 bits per heavy atom. The van der Waals surface area contributed by atoms with E-state index in [1.165, 1.54) is 70.6 Å². The maximum Gasteiger partial charge on any atom is 0.475 e. The molecule has 6 atom stereocenters. The molecular weight excluding hydrogens is 1060 g/mol. The highest BCUT2D eigenvalue weighted by Gasteiger charge is 2.53. The van der Waals surface area contributed by atoms with Gasteiger partial charge in [-0.25, -0.2) is 9.36 Å². The predicted octanol–water partition coefficient (Wildman–Crippen LogP) is 15.1. The molecule has 0 bridgehead atoms. The smallest absolute Gasteiger partial charge is 0.462 e. The largest absolute Gasteiger partial charge is 0.475 e. The predicted molar refractivity (Wildman–Crippen MR) is 298 cm³/mol. The molecule has 18 heteroatoms. The van der Waals surface area contributed by atoms with Gasteiger partial charge in [-0.1, -0.05) is 255 Å². The first-order valence-corrected chi connectivity index (χ1v) is 30.4. The Hall–Kier alpha value is -3.27. The van der Waals surface area contributed by atoms with Crippen LogP contribution in [0.3, 0.4) is 0 Å². The van der Waals surface area contributed by atoms with Crippen LogP contribution in [0.5, 0.6) is 0 Å². The molecule has 0 aromatic heterocycles. The summed E-state index contributed by atoms with van der Waals surface area (Å²) in [5.41, 5.74) is 2.10. The summed E-state index contributed by atoms with van der Waals surface area (Å²) in [5.74, 6) is -1.28. The number of unbranched alkanes of at least 4 members (excludes halogenated alkanes) is 18. The van der Waals surface area contributed by atoms with Crippen LogP contribution in [-0.4, -0.2) is 76.9 Å². The molecule has 0 spiro atoms. The highest BCUT2D eigenvalue weighted by molar-refractivity contribution is 7.48. The van der Waals surface area contributed by atoms with Gasteiger partial charge in [0.1, 0.15) is 31.0 Å². The normalized spacial score (nSPS) is 18.2. The number of alkyl halides is 3. The molecule has 3 aromatic carbocycles. The lowest BCUT2D eigenvalue weighted by molar-refractivity contribution is -0.259. The van der Waals surface area contributed by atoms with Crippen molar-refractivity contribution in [2.75, 3.05) is 13.2 Å². The van der Waals surface area contributed by atoms with Crippen molar-refractivity contribution in [1.29, 1.82) is 0 Å². The maximum atomic E-state index is 15.1. The molecule has 2 N–H and O–H groups in total. The van der Waals surface area contributed by atoms with Crippen LogP contribution in [0.25, 0.3) is 0 Å². The molecule has 14 nitrogen and oxygen atoms in total. The topological polar surface area (TPSA) is 174 Å². The number of benzene rings is 3. The van der Waals surface area contributed by atoms with Gasteiger partial charge in [0.15, 0.2) is 12.4 Å². The number of nitrogens with one attached hydrogen (secondary N) is 1. The van der Waals surface area contributed by atoms with Gasteiger partial charge in [0, 0.05) is 6.42 Å². The van der Waals surface area contributed by atoms with Crippen LogP contribution in [0.2, 0.25) is 0 Å². The molecule has 4 rings (SSSR count). The zero-order valence-electron chi connectivity index (χ0n) is 44.9. The fraction of sp³-hybridized carbons (Fsp3) is 0.638. The van der Waals surface area contributed by atoms with Crippen LogP contribution in [0.15, 0.2) is 91.0 Å². The number of amides is 1. The molecule has 426 valence electrons. The third kappa shape index (κ3) is 28.6. The monoisotopic (exact) mass is 1140 g/mol. The SMILES string of the molecule is CCCCCCCCCCCCCC(=O)O[C@H](CCCCCCCCCCC)CC(=O)O[C@@H]1[C@@H](NC(=O)OCC(Cl)(Cl)Cl)[C@@H](O)O[C@H](COCc2ccccc2)[C@H]1OP(=O)(OCc1ccccc1)OCc1ccccc1. The Kier molecular flexibility index (Phi) is 32.9. The van der Waals surface area contributed by atoms with E-state index in [9.17, 15) is 19.5 Å². The summed E-state index contributed by atoms with van der Waals surface area (Å²) in [7, 11) is -4.72. The number of phosphoric ester groups is 1. The summed E-state index contributed by atoms with van der Waals surface area (Å²) in [5, 5.41) is 14.2. The van der Waals surface area contributed by atoms with E-state index in [4.69, 9.17) is 72.1 Å².